The van der Waals surface area contributed by atoms with Gasteiger partial charge in [0.15, 0.2) is 0 Å². The van der Waals surface area contributed by atoms with Crippen LogP contribution >= 0.6 is 0 Å². The standard InChI is InChI=1S/C28H36N2O5/c1-18(26(32)33)10-9-15-29-25(31)24(16-28(2,3)4)30-27(34)35-17-23-21-13-7-5-11-19(21)20-12-6-8-14-22(20)23/h5-8,11-14,18,23-24H,9-10,15-17H2,1-4H3,(H,29,31)(H,30,34)(H,32,33). The van der Waals surface area contributed by atoms with Gasteiger partial charge in [-0.25, -0.2) is 4.79 Å². The predicted octanol–water partition coefficient (Wildman–Crippen LogP) is 4.95. The van der Waals surface area contributed by atoms with Crippen LogP contribution in [0.2, 0.25) is 0 Å². The molecule has 3 rings (SSSR count). The third-order valence-electron chi connectivity index (χ3n) is 6.30. The molecule has 0 radical (unpaired) electrons. The zero-order valence-corrected chi connectivity index (χ0v) is 21.0. The van der Waals surface area contributed by atoms with Gasteiger partial charge in [-0.05, 0) is 46.9 Å². The molecule has 0 aliphatic heterocycles. The van der Waals surface area contributed by atoms with Crippen molar-refractivity contribution in [2.75, 3.05) is 13.2 Å². The van der Waals surface area contributed by atoms with E-state index in [2.05, 4.69) is 34.9 Å². The molecule has 1 aliphatic rings. The van der Waals surface area contributed by atoms with Crippen LogP contribution in [-0.4, -0.2) is 42.3 Å². The Kier molecular flexibility index (Phi) is 8.54. The number of carboxylic acid groups (broad SMARTS) is 1. The molecule has 0 bridgehead atoms. The summed E-state index contributed by atoms with van der Waals surface area (Å²) in [5.74, 6) is -1.66. The number of amides is 2. The van der Waals surface area contributed by atoms with Crippen molar-refractivity contribution in [1.29, 1.82) is 0 Å². The normalized spacial score (nSPS) is 14.4. The first kappa shape index (κ1) is 26.3. The molecule has 3 N–H and O–H groups in total. The highest BCUT2D eigenvalue weighted by molar-refractivity contribution is 5.85. The molecule has 0 aromatic heterocycles. The van der Waals surface area contributed by atoms with E-state index in [0.717, 1.165) is 22.3 Å². The van der Waals surface area contributed by atoms with E-state index in [1.807, 2.05) is 45.0 Å². The van der Waals surface area contributed by atoms with Crippen molar-refractivity contribution < 1.29 is 24.2 Å². The predicted molar refractivity (Wildman–Crippen MR) is 135 cm³/mol. The second-order valence-electron chi connectivity index (χ2n) is 10.5. The molecule has 1 aliphatic carbocycles. The second kappa shape index (κ2) is 11.4. The molecule has 0 heterocycles. The monoisotopic (exact) mass is 480 g/mol. The number of benzene rings is 2. The van der Waals surface area contributed by atoms with Crippen LogP contribution in [0.4, 0.5) is 4.79 Å². The van der Waals surface area contributed by atoms with Gasteiger partial charge in [0.2, 0.25) is 5.91 Å². The van der Waals surface area contributed by atoms with Gasteiger partial charge >= 0.3 is 12.1 Å². The third-order valence-corrected chi connectivity index (χ3v) is 6.30. The van der Waals surface area contributed by atoms with Gasteiger partial charge in [-0.15, -0.1) is 0 Å². The van der Waals surface area contributed by atoms with Gasteiger partial charge in [-0.1, -0.05) is 76.2 Å². The Bertz CT molecular complexity index is 1010. The van der Waals surface area contributed by atoms with E-state index < -0.39 is 24.0 Å². The van der Waals surface area contributed by atoms with Gasteiger partial charge in [-0.2, -0.15) is 0 Å². The van der Waals surface area contributed by atoms with E-state index in [4.69, 9.17) is 9.84 Å². The number of alkyl carbamates (subject to hydrolysis) is 1. The van der Waals surface area contributed by atoms with Gasteiger partial charge in [0, 0.05) is 12.5 Å². The number of hydrogen-bond acceptors (Lipinski definition) is 4. The molecule has 35 heavy (non-hydrogen) atoms. The molecule has 2 aromatic carbocycles. The molecule has 7 heteroatoms. The summed E-state index contributed by atoms with van der Waals surface area (Å²) in [7, 11) is 0. The van der Waals surface area contributed by atoms with Crippen molar-refractivity contribution >= 4 is 18.0 Å². The Balaban J connectivity index is 1.59. The maximum Gasteiger partial charge on any atom is 0.407 e. The number of carbonyl (C=O) groups excluding carboxylic acids is 2. The van der Waals surface area contributed by atoms with Crippen LogP contribution in [0.3, 0.4) is 0 Å². The molecule has 2 unspecified atom stereocenters. The van der Waals surface area contributed by atoms with Crippen molar-refractivity contribution in [1.82, 2.24) is 10.6 Å². The van der Waals surface area contributed by atoms with Gasteiger partial charge < -0.3 is 20.5 Å². The summed E-state index contributed by atoms with van der Waals surface area (Å²) in [6.45, 7) is 8.18. The fourth-order valence-electron chi connectivity index (χ4n) is 4.47. The Hall–Kier alpha value is -3.35. The van der Waals surface area contributed by atoms with Crippen molar-refractivity contribution in [2.24, 2.45) is 11.3 Å². The smallest absolute Gasteiger partial charge is 0.407 e. The summed E-state index contributed by atoms with van der Waals surface area (Å²) in [4.78, 5) is 36.5. The first-order chi connectivity index (χ1) is 16.6. The number of ether oxygens (including phenoxy) is 1. The maximum absolute atomic E-state index is 12.8. The number of hydrogen-bond donors (Lipinski definition) is 3. The van der Waals surface area contributed by atoms with E-state index in [9.17, 15) is 14.4 Å². The molecule has 2 atom stereocenters. The molecule has 2 aromatic rings. The first-order valence-corrected chi connectivity index (χ1v) is 12.2. The number of carbonyl (C=O) groups is 3. The number of carboxylic acids is 1. The molecule has 0 saturated carbocycles. The molecule has 0 saturated heterocycles. The molecule has 0 fully saturated rings. The fraction of sp³-hybridized carbons (Fsp3) is 0.464. The molecule has 7 nitrogen and oxygen atoms in total. The van der Waals surface area contributed by atoms with Crippen LogP contribution in [0, 0.1) is 11.3 Å². The number of nitrogens with one attached hydrogen (secondary N) is 2. The van der Waals surface area contributed by atoms with Crippen LogP contribution in [0.25, 0.3) is 11.1 Å². The van der Waals surface area contributed by atoms with Gasteiger partial charge in [0.1, 0.15) is 12.6 Å². The Morgan fingerprint density at radius 2 is 1.57 bits per heavy atom. The topological polar surface area (TPSA) is 105 Å². The minimum absolute atomic E-state index is 0.0562. The summed E-state index contributed by atoms with van der Waals surface area (Å²) in [5, 5.41) is 14.6. The lowest BCUT2D eigenvalue weighted by Gasteiger charge is -2.26. The second-order valence-corrected chi connectivity index (χ2v) is 10.5. The van der Waals surface area contributed by atoms with Crippen LogP contribution in [-0.2, 0) is 14.3 Å². The number of rotatable bonds is 10. The number of aliphatic carboxylic acids is 1. The van der Waals surface area contributed by atoms with Gasteiger partial charge in [0.25, 0.3) is 0 Å². The van der Waals surface area contributed by atoms with Crippen molar-refractivity contribution in [3.63, 3.8) is 0 Å². The van der Waals surface area contributed by atoms with Crippen LogP contribution < -0.4 is 10.6 Å². The lowest BCUT2D eigenvalue weighted by atomic mass is 9.88. The quantitative estimate of drug-likeness (QED) is 0.418. The van der Waals surface area contributed by atoms with E-state index in [0.29, 0.717) is 25.8 Å². The maximum atomic E-state index is 12.8. The zero-order valence-electron chi connectivity index (χ0n) is 21.0. The summed E-state index contributed by atoms with van der Waals surface area (Å²) in [6, 6.07) is 15.5. The van der Waals surface area contributed by atoms with E-state index in [1.165, 1.54) is 0 Å². The highest BCUT2D eigenvalue weighted by Gasteiger charge is 2.31. The van der Waals surface area contributed by atoms with Crippen molar-refractivity contribution in [3.8, 4) is 11.1 Å². The van der Waals surface area contributed by atoms with Gasteiger partial charge in [-0.3, -0.25) is 9.59 Å². The highest BCUT2D eigenvalue weighted by Crippen LogP contribution is 2.44. The molecular formula is C28H36N2O5. The Morgan fingerprint density at radius 3 is 2.11 bits per heavy atom. The molecule has 0 spiro atoms. The van der Waals surface area contributed by atoms with Gasteiger partial charge in [0.05, 0.1) is 5.92 Å². The zero-order chi connectivity index (χ0) is 25.6. The molecular weight excluding hydrogens is 444 g/mol. The van der Waals surface area contributed by atoms with Crippen LogP contribution in [0.5, 0.6) is 0 Å². The first-order valence-electron chi connectivity index (χ1n) is 12.2. The highest BCUT2D eigenvalue weighted by atomic mass is 16.5. The minimum Gasteiger partial charge on any atom is -0.481 e. The van der Waals surface area contributed by atoms with Crippen LogP contribution in [0.15, 0.2) is 48.5 Å². The lowest BCUT2D eigenvalue weighted by Crippen LogP contribution is -2.49. The summed E-state index contributed by atoms with van der Waals surface area (Å²) >= 11 is 0. The average molecular weight is 481 g/mol. The number of fused-ring (bicyclic) bond motifs is 3. The molecule has 188 valence electrons. The Morgan fingerprint density at radius 1 is 1.00 bits per heavy atom. The van der Waals surface area contributed by atoms with E-state index >= 15 is 0 Å². The minimum atomic E-state index is -0.848. The summed E-state index contributed by atoms with van der Waals surface area (Å²) in [5.41, 5.74) is 4.36. The van der Waals surface area contributed by atoms with Crippen LogP contribution in [0.1, 0.15) is 64.0 Å². The fourth-order valence-corrected chi connectivity index (χ4v) is 4.47. The van der Waals surface area contributed by atoms with E-state index in [-0.39, 0.29) is 23.8 Å². The van der Waals surface area contributed by atoms with Crippen molar-refractivity contribution in [3.05, 3.63) is 59.7 Å². The third kappa shape index (κ3) is 7.07. The lowest BCUT2D eigenvalue weighted by molar-refractivity contribution is -0.141. The average Bonchev–Trinajstić information content (AvgIpc) is 3.12. The molecule has 2 amide bonds. The Labute approximate surface area is 207 Å². The SMILES string of the molecule is CC(CCCNC(=O)C(CC(C)(C)C)NC(=O)OCC1c2ccccc2-c2ccccc21)C(=O)O. The van der Waals surface area contributed by atoms with E-state index in [1.54, 1.807) is 6.92 Å². The summed E-state index contributed by atoms with van der Waals surface area (Å²) in [6.07, 6.45) is 0.830. The summed E-state index contributed by atoms with van der Waals surface area (Å²) < 4.78 is 5.62. The largest absolute Gasteiger partial charge is 0.481 e. The van der Waals surface area contributed by atoms with Crippen molar-refractivity contribution in [2.45, 2.75) is 58.9 Å².